The second-order valence-corrected chi connectivity index (χ2v) is 15.8. The third-order valence-corrected chi connectivity index (χ3v) is 11.1. The molecule has 6 unspecified atom stereocenters. The molecule has 0 aliphatic heterocycles. The molecule has 0 aromatic heterocycles. The molecule has 0 spiro atoms. The van der Waals surface area contributed by atoms with Gasteiger partial charge in [-0.1, -0.05) is 72.8 Å². The van der Waals surface area contributed by atoms with E-state index in [1.165, 1.54) is 0 Å². The van der Waals surface area contributed by atoms with Gasteiger partial charge in [-0.25, -0.2) is 26.3 Å². The SMILES string of the molecule is CC(=O)OCC(C(F)NC(c1cccc(F)c1)c1cccc(C(F)(F)F)c1)(C(F)NC(c1cccc(F)c1)c1cccc(C(F)(F)F)c1)C(F)NC(c1cccc(F)c1)c1cccc(C(F)(F)F)c1. The number of halogens is 15. The number of esters is 1. The van der Waals surface area contributed by atoms with Crippen LogP contribution in [0.1, 0.15) is 75.1 Å². The summed E-state index contributed by atoms with van der Waals surface area (Å²) in [5.41, 5.74) is -10.1. The number of hydrogen-bond acceptors (Lipinski definition) is 5. The Balaban J connectivity index is 1.60. The van der Waals surface area contributed by atoms with E-state index >= 15 is 13.2 Å². The Bertz CT molecular complexity index is 2430. The maximum atomic E-state index is 18.2. The van der Waals surface area contributed by atoms with E-state index in [4.69, 9.17) is 4.74 Å². The highest BCUT2D eigenvalue weighted by atomic mass is 19.4. The molecule has 6 atom stereocenters. The van der Waals surface area contributed by atoms with Crippen LogP contribution in [0.4, 0.5) is 65.9 Å². The predicted octanol–water partition coefficient (Wildman–Crippen LogP) is 13.0. The van der Waals surface area contributed by atoms with Crippen molar-refractivity contribution in [3.05, 3.63) is 213 Å². The van der Waals surface area contributed by atoms with Gasteiger partial charge in [0.15, 0.2) is 18.9 Å². The molecule has 69 heavy (non-hydrogen) atoms. The van der Waals surface area contributed by atoms with Crippen LogP contribution in [0.3, 0.4) is 0 Å². The summed E-state index contributed by atoms with van der Waals surface area (Å²) in [7, 11) is 0. The Labute approximate surface area is 384 Å². The van der Waals surface area contributed by atoms with Gasteiger partial charge in [0.05, 0.1) is 34.8 Å². The monoisotopic (exact) mass is 985 g/mol. The number of nitrogens with one attached hydrogen (secondary N) is 3. The number of carbonyl (C=O) groups is 1. The van der Waals surface area contributed by atoms with Crippen LogP contribution in [0.15, 0.2) is 146 Å². The molecule has 0 heterocycles. The first-order valence-electron chi connectivity index (χ1n) is 20.5. The molecule has 0 radical (unpaired) electrons. The van der Waals surface area contributed by atoms with Gasteiger partial charge in [-0.05, 0) is 106 Å². The quantitative estimate of drug-likeness (QED) is 0.0483. The standard InChI is InChI=1S/C49H38F15N3O2/c1-27(68)69-26-46(43(53)65-40(31-11-5-17-37(50)23-31)28-8-2-14-34(20-28)47(56,57)58,44(54)66-41(32-12-6-18-38(51)24-32)29-9-3-15-35(21-29)48(59,60)61)45(55)67-42(33-13-7-19-39(52)25-33)30-10-4-16-36(22-30)49(62,63)64/h2-25,40-45,65-67H,26H2,1H3. The second kappa shape index (κ2) is 21.1. The average Bonchev–Trinajstić information content (AvgIpc) is 3.28. The number of benzene rings is 6. The van der Waals surface area contributed by atoms with Gasteiger partial charge in [-0.2, -0.15) is 39.5 Å². The number of hydrogen-bond donors (Lipinski definition) is 3. The summed E-state index contributed by atoms with van der Waals surface area (Å²) in [5, 5.41) is 6.58. The van der Waals surface area contributed by atoms with Crippen molar-refractivity contribution in [1.29, 1.82) is 0 Å². The van der Waals surface area contributed by atoms with E-state index in [-0.39, 0.29) is 16.7 Å². The maximum Gasteiger partial charge on any atom is 0.416 e. The van der Waals surface area contributed by atoms with Crippen LogP contribution in [0, 0.1) is 22.9 Å². The molecular weight excluding hydrogens is 948 g/mol. The van der Waals surface area contributed by atoms with E-state index in [1.54, 1.807) is 0 Å². The molecular formula is C49H38F15N3O2. The van der Waals surface area contributed by atoms with Gasteiger partial charge in [-0.3, -0.25) is 20.7 Å². The zero-order chi connectivity index (χ0) is 50.5. The molecule has 0 amide bonds. The van der Waals surface area contributed by atoms with Crippen LogP contribution >= 0.6 is 0 Å². The minimum Gasteiger partial charge on any atom is -0.465 e. The number of ether oxygens (including phenoxy) is 1. The maximum absolute atomic E-state index is 18.2. The average molecular weight is 986 g/mol. The van der Waals surface area contributed by atoms with Crippen LogP contribution in [0.2, 0.25) is 0 Å². The molecule has 366 valence electrons. The summed E-state index contributed by atoms with van der Waals surface area (Å²) in [5.74, 6) is -4.37. The second-order valence-electron chi connectivity index (χ2n) is 15.8. The zero-order valence-corrected chi connectivity index (χ0v) is 35.5. The first-order chi connectivity index (χ1) is 32.4. The van der Waals surface area contributed by atoms with Crippen LogP contribution in [0.25, 0.3) is 0 Å². The number of rotatable bonds is 17. The first-order valence-corrected chi connectivity index (χ1v) is 20.5. The predicted molar refractivity (Wildman–Crippen MR) is 222 cm³/mol. The lowest BCUT2D eigenvalue weighted by Gasteiger charge is -2.44. The first kappa shape index (κ1) is 52.0. The molecule has 6 aromatic carbocycles. The van der Waals surface area contributed by atoms with E-state index in [0.29, 0.717) is 36.4 Å². The van der Waals surface area contributed by atoms with E-state index in [0.717, 1.165) is 116 Å². The number of carbonyl (C=O) groups excluding carboxylic acids is 1. The smallest absolute Gasteiger partial charge is 0.416 e. The lowest BCUT2D eigenvalue weighted by Crippen LogP contribution is -2.65. The molecule has 0 saturated heterocycles. The van der Waals surface area contributed by atoms with E-state index in [2.05, 4.69) is 16.0 Å². The topological polar surface area (TPSA) is 62.4 Å². The molecule has 0 bridgehead atoms. The Morgan fingerprint density at radius 1 is 0.435 bits per heavy atom. The fraction of sp³-hybridized carbons (Fsp3) is 0.245. The minimum absolute atomic E-state index is 0.340. The minimum atomic E-state index is -5.02. The van der Waals surface area contributed by atoms with Gasteiger partial charge in [0.1, 0.15) is 29.5 Å². The Hall–Kier alpha value is -6.38. The number of alkyl halides is 12. The lowest BCUT2D eigenvalue weighted by molar-refractivity contribution is -0.163. The lowest BCUT2D eigenvalue weighted by atomic mass is 9.81. The molecule has 20 heteroatoms. The zero-order valence-electron chi connectivity index (χ0n) is 35.5. The molecule has 0 aliphatic rings. The molecule has 0 aliphatic carbocycles. The summed E-state index contributed by atoms with van der Waals surface area (Å²) >= 11 is 0. The van der Waals surface area contributed by atoms with Gasteiger partial charge in [0.2, 0.25) is 0 Å². The Morgan fingerprint density at radius 3 is 0.913 bits per heavy atom. The highest BCUT2D eigenvalue weighted by Gasteiger charge is 2.57. The van der Waals surface area contributed by atoms with Crippen LogP contribution in [-0.4, -0.2) is 31.5 Å². The van der Waals surface area contributed by atoms with E-state index in [9.17, 15) is 57.5 Å². The molecule has 6 rings (SSSR count). The molecule has 5 nitrogen and oxygen atoms in total. The molecule has 0 saturated carbocycles. The largest absolute Gasteiger partial charge is 0.465 e. The molecule has 3 N–H and O–H groups in total. The fourth-order valence-corrected chi connectivity index (χ4v) is 7.63. The Morgan fingerprint density at radius 2 is 0.681 bits per heavy atom. The van der Waals surface area contributed by atoms with Crippen molar-refractivity contribution in [2.24, 2.45) is 5.41 Å². The van der Waals surface area contributed by atoms with Crippen molar-refractivity contribution in [2.75, 3.05) is 6.61 Å². The summed E-state index contributed by atoms with van der Waals surface area (Å²) in [6.07, 6.45) is -25.3. The summed E-state index contributed by atoms with van der Waals surface area (Å²) < 4.78 is 231. The van der Waals surface area contributed by atoms with Crippen molar-refractivity contribution in [3.8, 4) is 0 Å². The van der Waals surface area contributed by atoms with Crippen molar-refractivity contribution in [2.45, 2.75) is 62.5 Å². The van der Waals surface area contributed by atoms with Crippen LogP contribution in [-0.2, 0) is 28.1 Å². The van der Waals surface area contributed by atoms with Crippen LogP contribution in [0.5, 0.6) is 0 Å². The van der Waals surface area contributed by atoms with Gasteiger partial charge >= 0.3 is 24.5 Å². The normalized spacial score (nSPS) is 15.9. The van der Waals surface area contributed by atoms with Gasteiger partial charge < -0.3 is 4.74 Å². The fourth-order valence-electron chi connectivity index (χ4n) is 7.63. The van der Waals surface area contributed by atoms with Gasteiger partial charge in [0, 0.05) is 6.92 Å². The summed E-state index contributed by atoms with van der Waals surface area (Å²) in [6.45, 7) is -1.00. The Kier molecular flexibility index (Phi) is 15.9. The third kappa shape index (κ3) is 12.6. The van der Waals surface area contributed by atoms with Gasteiger partial charge in [-0.15, -0.1) is 0 Å². The highest BCUT2D eigenvalue weighted by Crippen LogP contribution is 2.43. The summed E-state index contributed by atoms with van der Waals surface area (Å²) in [6, 6.07) is 14.8. The summed E-state index contributed by atoms with van der Waals surface area (Å²) in [4.78, 5) is 12.6. The van der Waals surface area contributed by atoms with Crippen molar-refractivity contribution >= 4 is 5.97 Å². The van der Waals surface area contributed by atoms with Crippen molar-refractivity contribution < 1.29 is 75.4 Å². The molecule has 6 aromatic rings. The van der Waals surface area contributed by atoms with E-state index < -0.39 is 124 Å². The molecule has 0 fully saturated rings. The van der Waals surface area contributed by atoms with Crippen LogP contribution < -0.4 is 16.0 Å². The third-order valence-electron chi connectivity index (χ3n) is 11.1. The highest BCUT2D eigenvalue weighted by molar-refractivity contribution is 5.66. The van der Waals surface area contributed by atoms with Crippen molar-refractivity contribution in [3.63, 3.8) is 0 Å². The van der Waals surface area contributed by atoms with E-state index in [1.807, 2.05) is 0 Å². The van der Waals surface area contributed by atoms with Gasteiger partial charge in [0.25, 0.3) is 0 Å². The van der Waals surface area contributed by atoms with Crippen molar-refractivity contribution in [1.82, 2.24) is 16.0 Å².